The first-order valence-corrected chi connectivity index (χ1v) is 6.59. The maximum Gasteiger partial charge on any atom is 0.329 e. The maximum absolute atomic E-state index is 11.7. The van der Waals surface area contributed by atoms with Gasteiger partial charge >= 0.3 is 5.97 Å². The standard InChI is InChI=1S/C13H16BrNO4/c1-3-13(2,12(17)18)15-11(16)8-19-10-6-4-5-9(14)7-10/h4-7H,3,8H2,1-2H3,(H,15,16)(H,17,18). The van der Waals surface area contributed by atoms with Crippen LogP contribution < -0.4 is 10.1 Å². The van der Waals surface area contributed by atoms with Crippen molar-refractivity contribution in [1.29, 1.82) is 0 Å². The second-order valence-corrected chi connectivity index (χ2v) is 5.20. The Balaban J connectivity index is 2.54. The van der Waals surface area contributed by atoms with Gasteiger partial charge in [-0.2, -0.15) is 0 Å². The summed E-state index contributed by atoms with van der Waals surface area (Å²) >= 11 is 3.29. The molecule has 5 nitrogen and oxygen atoms in total. The number of hydrogen-bond donors (Lipinski definition) is 2. The van der Waals surface area contributed by atoms with Crippen LogP contribution in [0.3, 0.4) is 0 Å². The van der Waals surface area contributed by atoms with Gasteiger partial charge in [0.25, 0.3) is 5.91 Å². The fraction of sp³-hybridized carbons (Fsp3) is 0.385. The highest BCUT2D eigenvalue weighted by Crippen LogP contribution is 2.17. The number of nitrogens with one attached hydrogen (secondary N) is 1. The maximum atomic E-state index is 11.7. The second kappa shape index (κ2) is 6.56. The van der Waals surface area contributed by atoms with Crippen molar-refractivity contribution >= 4 is 27.8 Å². The van der Waals surface area contributed by atoms with Gasteiger partial charge in [-0.15, -0.1) is 0 Å². The molecule has 0 aliphatic carbocycles. The van der Waals surface area contributed by atoms with Crippen molar-refractivity contribution in [2.45, 2.75) is 25.8 Å². The first kappa shape index (κ1) is 15.5. The average Bonchev–Trinajstić information content (AvgIpc) is 2.36. The fourth-order valence-electron chi connectivity index (χ4n) is 1.34. The van der Waals surface area contributed by atoms with Crippen molar-refractivity contribution in [3.8, 4) is 5.75 Å². The molecule has 0 bridgehead atoms. The third-order valence-electron chi connectivity index (χ3n) is 2.76. The van der Waals surface area contributed by atoms with Crippen molar-refractivity contribution in [3.05, 3.63) is 28.7 Å². The zero-order chi connectivity index (χ0) is 14.5. The van der Waals surface area contributed by atoms with E-state index in [4.69, 9.17) is 9.84 Å². The van der Waals surface area contributed by atoms with E-state index in [0.717, 1.165) is 4.47 Å². The number of benzene rings is 1. The van der Waals surface area contributed by atoms with Gasteiger partial charge in [0, 0.05) is 4.47 Å². The van der Waals surface area contributed by atoms with E-state index in [9.17, 15) is 9.59 Å². The zero-order valence-electron chi connectivity index (χ0n) is 10.8. The van der Waals surface area contributed by atoms with Crippen molar-refractivity contribution in [1.82, 2.24) is 5.32 Å². The quantitative estimate of drug-likeness (QED) is 0.838. The molecule has 1 rings (SSSR count). The Kier molecular flexibility index (Phi) is 5.35. The Morgan fingerprint density at radius 1 is 1.47 bits per heavy atom. The normalized spacial score (nSPS) is 13.4. The van der Waals surface area contributed by atoms with E-state index in [1.807, 2.05) is 6.07 Å². The van der Waals surface area contributed by atoms with E-state index in [0.29, 0.717) is 12.2 Å². The van der Waals surface area contributed by atoms with Gasteiger partial charge in [-0.1, -0.05) is 28.9 Å². The van der Waals surface area contributed by atoms with Gasteiger partial charge < -0.3 is 15.2 Å². The van der Waals surface area contributed by atoms with Crippen LogP contribution in [-0.4, -0.2) is 29.1 Å². The summed E-state index contributed by atoms with van der Waals surface area (Å²) < 4.78 is 6.13. The summed E-state index contributed by atoms with van der Waals surface area (Å²) in [7, 11) is 0. The number of carboxylic acids is 1. The fourth-order valence-corrected chi connectivity index (χ4v) is 1.72. The summed E-state index contributed by atoms with van der Waals surface area (Å²) in [6.07, 6.45) is 0.297. The molecule has 6 heteroatoms. The summed E-state index contributed by atoms with van der Waals surface area (Å²) in [5.41, 5.74) is -1.27. The van der Waals surface area contributed by atoms with Crippen LogP contribution in [0.5, 0.6) is 5.75 Å². The smallest absolute Gasteiger partial charge is 0.329 e. The molecule has 0 saturated heterocycles. The molecule has 0 fully saturated rings. The predicted molar refractivity (Wildman–Crippen MR) is 74.1 cm³/mol. The molecule has 104 valence electrons. The zero-order valence-corrected chi connectivity index (χ0v) is 12.4. The van der Waals surface area contributed by atoms with Gasteiger partial charge in [-0.25, -0.2) is 4.79 Å². The molecule has 0 heterocycles. The van der Waals surface area contributed by atoms with Crippen LogP contribution in [0, 0.1) is 0 Å². The number of carboxylic acid groups (broad SMARTS) is 1. The summed E-state index contributed by atoms with van der Waals surface area (Å²) in [6.45, 7) is 2.94. The molecule has 1 unspecified atom stereocenters. The number of amides is 1. The Morgan fingerprint density at radius 3 is 2.68 bits per heavy atom. The van der Waals surface area contributed by atoms with Gasteiger partial charge in [0.1, 0.15) is 11.3 Å². The lowest BCUT2D eigenvalue weighted by atomic mass is 9.99. The van der Waals surface area contributed by atoms with Crippen molar-refractivity contribution in [2.75, 3.05) is 6.61 Å². The molecule has 0 spiro atoms. The Hall–Kier alpha value is -1.56. The minimum absolute atomic E-state index is 0.223. The lowest BCUT2D eigenvalue weighted by Gasteiger charge is -2.24. The second-order valence-electron chi connectivity index (χ2n) is 4.29. The molecule has 0 aromatic heterocycles. The summed E-state index contributed by atoms with van der Waals surface area (Å²) in [5, 5.41) is 11.5. The Labute approximate surface area is 120 Å². The highest BCUT2D eigenvalue weighted by Gasteiger charge is 2.32. The molecule has 1 aromatic rings. The number of aliphatic carboxylic acids is 1. The monoisotopic (exact) mass is 329 g/mol. The predicted octanol–water partition coefficient (Wildman–Crippen LogP) is 2.20. The van der Waals surface area contributed by atoms with E-state index in [1.54, 1.807) is 25.1 Å². The molecular weight excluding hydrogens is 314 g/mol. The lowest BCUT2D eigenvalue weighted by molar-refractivity contribution is -0.147. The molecule has 0 aliphatic heterocycles. The highest BCUT2D eigenvalue weighted by molar-refractivity contribution is 9.10. The van der Waals surface area contributed by atoms with Gasteiger partial charge in [0.05, 0.1) is 0 Å². The van der Waals surface area contributed by atoms with Crippen molar-refractivity contribution < 1.29 is 19.4 Å². The van der Waals surface area contributed by atoms with E-state index in [2.05, 4.69) is 21.2 Å². The van der Waals surface area contributed by atoms with Crippen molar-refractivity contribution in [2.24, 2.45) is 0 Å². The van der Waals surface area contributed by atoms with Gasteiger partial charge in [0.2, 0.25) is 0 Å². The number of rotatable bonds is 6. The summed E-state index contributed by atoms with van der Waals surface area (Å²) in [4.78, 5) is 22.7. The average molecular weight is 330 g/mol. The van der Waals surface area contributed by atoms with E-state index >= 15 is 0 Å². The molecule has 0 saturated carbocycles. The van der Waals surface area contributed by atoms with E-state index in [1.165, 1.54) is 6.92 Å². The van der Waals surface area contributed by atoms with Crippen LogP contribution in [0.2, 0.25) is 0 Å². The first-order valence-electron chi connectivity index (χ1n) is 5.80. The van der Waals surface area contributed by atoms with Crippen LogP contribution >= 0.6 is 15.9 Å². The summed E-state index contributed by atoms with van der Waals surface area (Å²) in [6, 6.07) is 7.06. The topological polar surface area (TPSA) is 75.6 Å². The van der Waals surface area contributed by atoms with Gasteiger partial charge in [-0.05, 0) is 31.5 Å². The number of ether oxygens (including phenoxy) is 1. The van der Waals surface area contributed by atoms with Crippen LogP contribution in [0.4, 0.5) is 0 Å². The number of carbonyl (C=O) groups is 2. The molecule has 19 heavy (non-hydrogen) atoms. The highest BCUT2D eigenvalue weighted by atomic mass is 79.9. The van der Waals surface area contributed by atoms with Crippen LogP contribution in [0.25, 0.3) is 0 Å². The Morgan fingerprint density at radius 2 is 2.16 bits per heavy atom. The van der Waals surface area contributed by atoms with E-state index in [-0.39, 0.29) is 6.61 Å². The summed E-state index contributed by atoms with van der Waals surface area (Å²) in [5.74, 6) is -0.990. The van der Waals surface area contributed by atoms with Crippen LogP contribution in [0.15, 0.2) is 28.7 Å². The number of hydrogen-bond acceptors (Lipinski definition) is 3. The SMILES string of the molecule is CCC(C)(NC(=O)COc1cccc(Br)c1)C(=O)O. The van der Waals surface area contributed by atoms with Crippen molar-refractivity contribution in [3.63, 3.8) is 0 Å². The van der Waals surface area contributed by atoms with Gasteiger partial charge in [-0.3, -0.25) is 4.79 Å². The largest absolute Gasteiger partial charge is 0.484 e. The Bertz CT molecular complexity index is 477. The number of carbonyl (C=O) groups excluding carboxylic acids is 1. The van der Waals surface area contributed by atoms with Crippen LogP contribution in [0.1, 0.15) is 20.3 Å². The molecule has 0 aliphatic rings. The first-order chi connectivity index (χ1) is 8.87. The molecule has 1 amide bonds. The lowest BCUT2D eigenvalue weighted by Crippen LogP contribution is -2.53. The third-order valence-corrected chi connectivity index (χ3v) is 3.25. The molecular formula is C13H16BrNO4. The molecule has 0 radical (unpaired) electrons. The number of halogens is 1. The third kappa shape index (κ3) is 4.55. The minimum atomic E-state index is -1.27. The van der Waals surface area contributed by atoms with Crippen LogP contribution in [-0.2, 0) is 9.59 Å². The van der Waals surface area contributed by atoms with Gasteiger partial charge in [0.15, 0.2) is 6.61 Å². The molecule has 1 aromatic carbocycles. The minimum Gasteiger partial charge on any atom is -0.484 e. The molecule has 1 atom stereocenters. The molecule has 2 N–H and O–H groups in total. The van der Waals surface area contributed by atoms with E-state index < -0.39 is 17.4 Å².